The lowest BCUT2D eigenvalue weighted by Crippen LogP contribution is -2.38. The van der Waals surface area contributed by atoms with Gasteiger partial charge in [0, 0.05) is 36.8 Å². The van der Waals surface area contributed by atoms with Crippen LogP contribution >= 0.6 is 0 Å². The highest BCUT2D eigenvalue weighted by Crippen LogP contribution is 2.26. The van der Waals surface area contributed by atoms with E-state index in [4.69, 9.17) is 9.47 Å². The van der Waals surface area contributed by atoms with E-state index in [1.165, 1.54) is 0 Å². The van der Waals surface area contributed by atoms with Crippen LogP contribution in [0.2, 0.25) is 0 Å². The Morgan fingerprint density at radius 3 is 2.66 bits per heavy atom. The number of nitrogens with zero attached hydrogens (tertiary/aromatic N) is 2. The van der Waals surface area contributed by atoms with Crippen molar-refractivity contribution in [1.82, 2.24) is 20.4 Å². The Morgan fingerprint density at radius 1 is 1.12 bits per heavy atom. The molecule has 0 saturated carbocycles. The lowest BCUT2D eigenvalue weighted by atomic mass is 10.1. The minimum absolute atomic E-state index is 0.0816. The van der Waals surface area contributed by atoms with Gasteiger partial charge in [-0.1, -0.05) is 12.1 Å². The molecule has 0 spiro atoms. The van der Waals surface area contributed by atoms with Gasteiger partial charge in [-0.2, -0.15) is 5.10 Å². The SMILES string of the molecule is CC(C)NC(=O)c1cccc(-c2cc(-c3ccc(OCCN4CCOCC4)cc3)[nH]n2)c1. The van der Waals surface area contributed by atoms with Crippen molar-refractivity contribution in [2.24, 2.45) is 0 Å². The van der Waals surface area contributed by atoms with E-state index in [2.05, 4.69) is 20.4 Å². The molecule has 2 N–H and O–H groups in total. The Bertz CT molecular complexity index is 1020. The van der Waals surface area contributed by atoms with E-state index in [0.717, 1.165) is 61.1 Å². The van der Waals surface area contributed by atoms with Crippen molar-refractivity contribution in [3.8, 4) is 28.3 Å². The molecule has 7 heteroatoms. The highest BCUT2D eigenvalue weighted by Gasteiger charge is 2.12. The van der Waals surface area contributed by atoms with Gasteiger partial charge in [0.2, 0.25) is 0 Å². The van der Waals surface area contributed by atoms with E-state index in [1.54, 1.807) is 0 Å². The Balaban J connectivity index is 1.37. The number of benzene rings is 2. The molecule has 0 atom stereocenters. The molecular formula is C25H30N4O3. The molecule has 1 amide bonds. The molecule has 2 heterocycles. The largest absolute Gasteiger partial charge is 0.492 e. The molecule has 7 nitrogen and oxygen atoms in total. The predicted molar refractivity (Wildman–Crippen MR) is 125 cm³/mol. The second-order valence-electron chi connectivity index (χ2n) is 8.20. The van der Waals surface area contributed by atoms with Crippen LogP contribution in [0.3, 0.4) is 0 Å². The fourth-order valence-electron chi connectivity index (χ4n) is 3.63. The van der Waals surface area contributed by atoms with Crippen molar-refractivity contribution in [3.63, 3.8) is 0 Å². The number of hydrogen-bond donors (Lipinski definition) is 2. The van der Waals surface area contributed by atoms with Gasteiger partial charge in [0.1, 0.15) is 12.4 Å². The molecular weight excluding hydrogens is 404 g/mol. The Kier molecular flexibility index (Phi) is 7.19. The summed E-state index contributed by atoms with van der Waals surface area (Å²) in [5.41, 5.74) is 4.26. The summed E-state index contributed by atoms with van der Waals surface area (Å²) in [5, 5.41) is 10.5. The molecule has 1 aliphatic rings. The highest BCUT2D eigenvalue weighted by molar-refractivity contribution is 5.95. The maximum absolute atomic E-state index is 12.3. The fourth-order valence-corrected chi connectivity index (χ4v) is 3.63. The van der Waals surface area contributed by atoms with Crippen LogP contribution in [0.1, 0.15) is 24.2 Å². The first-order chi connectivity index (χ1) is 15.6. The van der Waals surface area contributed by atoms with Gasteiger partial charge in [0.15, 0.2) is 0 Å². The zero-order chi connectivity index (χ0) is 22.3. The Hall–Kier alpha value is -3.16. The topological polar surface area (TPSA) is 79.5 Å². The number of rotatable bonds is 8. The van der Waals surface area contributed by atoms with Crippen LogP contribution in [0.5, 0.6) is 5.75 Å². The summed E-state index contributed by atoms with van der Waals surface area (Å²) < 4.78 is 11.3. The van der Waals surface area contributed by atoms with Crippen molar-refractivity contribution in [2.45, 2.75) is 19.9 Å². The van der Waals surface area contributed by atoms with Crippen LogP contribution in [-0.4, -0.2) is 66.5 Å². The molecule has 0 aliphatic carbocycles. The van der Waals surface area contributed by atoms with Gasteiger partial charge in [0.05, 0.1) is 24.6 Å². The Morgan fingerprint density at radius 2 is 1.91 bits per heavy atom. The number of H-pyrrole nitrogens is 1. The number of aromatic nitrogens is 2. The van der Waals surface area contributed by atoms with Crippen molar-refractivity contribution in [2.75, 3.05) is 39.5 Å². The quantitative estimate of drug-likeness (QED) is 0.566. The zero-order valence-electron chi connectivity index (χ0n) is 18.6. The minimum atomic E-state index is -0.0816. The van der Waals surface area contributed by atoms with E-state index >= 15 is 0 Å². The summed E-state index contributed by atoms with van der Waals surface area (Å²) in [6, 6.07) is 17.6. The van der Waals surface area contributed by atoms with Crippen molar-refractivity contribution >= 4 is 5.91 Å². The number of morpholine rings is 1. The number of ether oxygens (including phenoxy) is 2. The van der Waals surface area contributed by atoms with Crippen LogP contribution in [0, 0.1) is 0 Å². The molecule has 1 fully saturated rings. The van der Waals surface area contributed by atoms with Crippen LogP contribution in [-0.2, 0) is 4.74 Å². The molecule has 1 saturated heterocycles. The first-order valence-electron chi connectivity index (χ1n) is 11.1. The van der Waals surface area contributed by atoms with Gasteiger partial charge in [-0.25, -0.2) is 0 Å². The molecule has 168 valence electrons. The third-order valence-corrected chi connectivity index (χ3v) is 5.36. The van der Waals surface area contributed by atoms with Crippen molar-refractivity contribution in [1.29, 1.82) is 0 Å². The predicted octanol–water partition coefficient (Wildman–Crippen LogP) is 3.59. The number of carbonyl (C=O) groups is 1. The van der Waals surface area contributed by atoms with Gasteiger partial charge in [-0.05, 0) is 61.9 Å². The number of aromatic amines is 1. The maximum atomic E-state index is 12.3. The minimum Gasteiger partial charge on any atom is -0.492 e. The normalized spacial score (nSPS) is 14.5. The standard InChI is InChI=1S/C25H30N4O3/c1-18(2)26-25(30)21-5-3-4-20(16-21)24-17-23(27-28-24)19-6-8-22(9-7-19)32-15-12-29-10-13-31-14-11-29/h3-9,16-18H,10-15H2,1-2H3,(H,26,30)(H,27,28). The number of amides is 1. The van der Waals surface area contributed by atoms with Gasteiger partial charge in [-0.15, -0.1) is 0 Å². The van der Waals surface area contributed by atoms with E-state index < -0.39 is 0 Å². The molecule has 4 rings (SSSR count). The summed E-state index contributed by atoms with van der Waals surface area (Å²) in [5.74, 6) is 0.771. The lowest BCUT2D eigenvalue weighted by molar-refractivity contribution is 0.0322. The van der Waals surface area contributed by atoms with Gasteiger partial charge >= 0.3 is 0 Å². The molecule has 0 radical (unpaired) electrons. The zero-order valence-corrected chi connectivity index (χ0v) is 18.6. The monoisotopic (exact) mass is 434 g/mol. The molecule has 1 aliphatic heterocycles. The fraction of sp³-hybridized carbons (Fsp3) is 0.360. The van der Waals surface area contributed by atoms with Gasteiger partial charge < -0.3 is 14.8 Å². The first-order valence-corrected chi connectivity index (χ1v) is 11.1. The molecule has 1 aromatic heterocycles. The first kappa shape index (κ1) is 22.0. The number of nitrogens with one attached hydrogen (secondary N) is 2. The molecule has 0 bridgehead atoms. The van der Waals surface area contributed by atoms with Crippen molar-refractivity contribution in [3.05, 3.63) is 60.2 Å². The average molecular weight is 435 g/mol. The van der Waals surface area contributed by atoms with Crippen LogP contribution < -0.4 is 10.1 Å². The third kappa shape index (κ3) is 5.75. The summed E-state index contributed by atoms with van der Waals surface area (Å²) >= 11 is 0. The van der Waals surface area contributed by atoms with E-state index in [0.29, 0.717) is 12.2 Å². The molecule has 32 heavy (non-hydrogen) atoms. The van der Waals surface area contributed by atoms with Gasteiger partial charge in [0.25, 0.3) is 5.91 Å². The third-order valence-electron chi connectivity index (χ3n) is 5.36. The summed E-state index contributed by atoms with van der Waals surface area (Å²) in [6.07, 6.45) is 0. The lowest BCUT2D eigenvalue weighted by Gasteiger charge is -2.26. The smallest absolute Gasteiger partial charge is 0.251 e. The number of hydrogen-bond acceptors (Lipinski definition) is 5. The van der Waals surface area contributed by atoms with Crippen molar-refractivity contribution < 1.29 is 14.3 Å². The van der Waals surface area contributed by atoms with Crippen LogP contribution in [0.15, 0.2) is 54.6 Å². The molecule has 2 aromatic carbocycles. The van der Waals surface area contributed by atoms with Crippen LogP contribution in [0.4, 0.5) is 0 Å². The number of carbonyl (C=O) groups excluding carboxylic acids is 1. The molecule has 3 aromatic rings. The highest BCUT2D eigenvalue weighted by atomic mass is 16.5. The second kappa shape index (κ2) is 10.4. The summed E-state index contributed by atoms with van der Waals surface area (Å²) in [4.78, 5) is 14.7. The van der Waals surface area contributed by atoms with E-state index in [1.807, 2.05) is 68.4 Å². The average Bonchev–Trinajstić information content (AvgIpc) is 3.30. The van der Waals surface area contributed by atoms with E-state index in [-0.39, 0.29) is 11.9 Å². The summed E-state index contributed by atoms with van der Waals surface area (Å²) in [6.45, 7) is 9.00. The summed E-state index contributed by atoms with van der Waals surface area (Å²) in [7, 11) is 0. The maximum Gasteiger partial charge on any atom is 0.251 e. The Labute approximate surface area is 188 Å². The van der Waals surface area contributed by atoms with E-state index in [9.17, 15) is 4.79 Å². The second-order valence-corrected chi connectivity index (χ2v) is 8.20. The molecule has 0 unspecified atom stereocenters. The van der Waals surface area contributed by atoms with Gasteiger partial charge in [-0.3, -0.25) is 14.8 Å². The van der Waals surface area contributed by atoms with Crippen LogP contribution in [0.25, 0.3) is 22.5 Å².